The van der Waals surface area contributed by atoms with Crippen LogP contribution in [0.1, 0.15) is 12.5 Å². The summed E-state index contributed by atoms with van der Waals surface area (Å²) in [6.45, 7) is 5.05. The van der Waals surface area contributed by atoms with Crippen molar-refractivity contribution >= 4 is 10.9 Å². The van der Waals surface area contributed by atoms with Gasteiger partial charge >= 0.3 is 0 Å². The number of rotatable bonds is 5. The zero-order valence-corrected chi connectivity index (χ0v) is 9.65. The lowest BCUT2D eigenvalue weighted by Crippen LogP contribution is -2.04. The predicted molar refractivity (Wildman–Crippen MR) is 66.3 cm³/mol. The van der Waals surface area contributed by atoms with Crippen LogP contribution in [0.4, 0.5) is 0 Å². The van der Waals surface area contributed by atoms with E-state index in [-0.39, 0.29) is 0 Å². The number of nitrogens with two attached hydrogens (primary N) is 1. The first-order valence-electron chi connectivity index (χ1n) is 5.70. The van der Waals surface area contributed by atoms with Gasteiger partial charge in [0.05, 0.1) is 6.61 Å². The van der Waals surface area contributed by atoms with Crippen LogP contribution in [0.5, 0.6) is 0 Å². The van der Waals surface area contributed by atoms with E-state index in [1.165, 1.54) is 16.5 Å². The first kappa shape index (κ1) is 11.2. The molecule has 0 saturated heterocycles. The van der Waals surface area contributed by atoms with Crippen molar-refractivity contribution in [1.29, 1.82) is 0 Å². The van der Waals surface area contributed by atoms with Crippen molar-refractivity contribution < 1.29 is 4.74 Å². The van der Waals surface area contributed by atoms with Crippen molar-refractivity contribution in [2.45, 2.75) is 20.0 Å². The van der Waals surface area contributed by atoms with Crippen LogP contribution in [0.15, 0.2) is 30.5 Å². The Bertz CT molecular complexity index is 462. The van der Waals surface area contributed by atoms with Gasteiger partial charge in [-0.15, -0.1) is 0 Å². The highest BCUT2D eigenvalue weighted by Crippen LogP contribution is 2.17. The highest BCUT2D eigenvalue weighted by atomic mass is 16.5. The number of benzene rings is 1. The Labute approximate surface area is 95.8 Å². The van der Waals surface area contributed by atoms with Gasteiger partial charge in [-0.3, -0.25) is 0 Å². The van der Waals surface area contributed by atoms with Crippen LogP contribution in [-0.2, 0) is 17.8 Å². The molecule has 3 heteroatoms. The van der Waals surface area contributed by atoms with E-state index in [2.05, 4.69) is 35.0 Å². The third-order valence-corrected chi connectivity index (χ3v) is 2.75. The van der Waals surface area contributed by atoms with Gasteiger partial charge in [-0.2, -0.15) is 0 Å². The normalized spacial score (nSPS) is 11.1. The van der Waals surface area contributed by atoms with Gasteiger partial charge in [-0.1, -0.05) is 6.07 Å². The molecule has 0 aliphatic carbocycles. The summed E-state index contributed by atoms with van der Waals surface area (Å²) < 4.78 is 7.57. The lowest BCUT2D eigenvalue weighted by atomic mass is 10.1. The number of hydrogen-bond acceptors (Lipinski definition) is 2. The van der Waals surface area contributed by atoms with Crippen LogP contribution >= 0.6 is 0 Å². The molecule has 0 atom stereocenters. The average Bonchev–Trinajstić information content (AvgIpc) is 2.72. The number of ether oxygens (including phenoxy) is 1. The molecule has 0 amide bonds. The van der Waals surface area contributed by atoms with E-state index in [0.29, 0.717) is 6.54 Å². The summed E-state index contributed by atoms with van der Waals surface area (Å²) in [6.07, 6.45) is 2.10. The number of fused-ring (bicyclic) bond motifs is 1. The molecule has 1 aromatic carbocycles. The number of hydrogen-bond donors (Lipinski definition) is 1. The topological polar surface area (TPSA) is 40.2 Å². The molecule has 0 aliphatic rings. The van der Waals surface area contributed by atoms with Crippen molar-refractivity contribution in [3.8, 4) is 0 Å². The highest BCUT2D eigenvalue weighted by molar-refractivity contribution is 5.80. The second-order valence-electron chi connectivity index (χ2n) is 3.80. The average molecular weight is 218 g/mol. The van der Waals surface area contributed by atoms with Gasteiger partial charge in [0.1, 0.15) is 0 Å². The maximum Gasteiger partial charge on any atom is 0.0645 e. The second kappa shape index (κ2) is 5.14. The monoisotopic (exact) mass is 218 g/mol. The maximum atomic E-state index is 5.62. The minimum atomic E-state index is 0.597. The zero-order chi connectivity index (χ0) is 11.4. The molecule has 0 bridgehead atoms. The van der Waals surface area contributed by atoms with Gasteiger partial charge in [-0.25, -0.2) is 0 Å². The second-order valence-corrected chi connectivity index (χ2v) is 3.80. The van der Waals surface area contributed by atoms with Crippen LogP contribution < -0.4 is 5.73 Å². The number of nitrogens with zero attached hydrogens (tertiary/aromatic N) is 1. The highest BCUT2D eigenvalue weighted by Gasteiger charge is 2.01. The summed E-state index contributed by atoms with van der Waals surface area (Å²) in [5.74, 6) is 0. The van der Waals surface area contributed by atoms with Crippen molar-refractivity contribution in [3.63, 3.8) is 0 Å². The van der Waals surface area contributed by atoms with Gasteiger partial charge in [0.2, 0.25) is 0 Å². The standard InChI is InChI=1S/C13H18N2O/c1-2-16-8-7-15-6-5-12-9-11(10-14)3-4-13(12)15/h3-6,9H,2,7-8,10,14H2,1H3. The lowest BCUT2D eigenvalue weighted by Gasteiger charge is -2.05. The Balaban J connectivity index is 2.20. The lowest BCUT2D eigenvalue weighted by molar-refractivity contribution is 0.140. The smallest absolute Gasteiger partial charge is 0.0645 e. The van der Waals surface area contributed by atoms with Crippen molar-refractivity contribution in [2.24, 2.45) is 5.73 Å². The fraction of sp³-hybridized carbons (Fsp3) is 0.385. The largest absolute Gasteiger partial charge is 0.380 e. The van der Waals surface area contributed by atoms with E-state index in [9.17, 15) is 0 Å². The molecule has 16 heavy (non-hydrogen) atoms. The van der Waals surface area contributed by atoms with E-state index in [0.717, 1.165) is 19.8 Å². The Morgan fingerprint density at radius 2 is 2.19 bits per heavy atom. The zero-order valence-electron chi connectivity index (χ0n) is 9.65. The van der Waals surface area contributed by atoms with Crippen LogP contribution in [0, 0.1) is 0 Å². The summed E-state index contributed by atoms with van der Waals surface area (Å²) >= 11 is 0. The van der Waals surface area contributed by atoms with Crippen molar-refractivity contribution in [3.05, 3.63) is 36.0 Å². The Hall–Kier alpha value is -1.32. The van der Waals surface area contributed by atoms with Crippen LogP contribution in [0.25, 0.3) is 10.9 Å². The fourth-order valence-corrected chi connectivity index (χ4v) is 1.88. The van der Waals surface area contributed by atoms with Crippen molar-refractivity contribution in [2.75, 3.05) is 13.2 Å². The molecule has 3 nitrogen and oxygen atoms in total. The van der Waals surface area contributed by atoms with Gasteiger partial charge in [-0.05, 0) is 36.1 Å². The Morgan fingerprint density at radius 1 is 1.31 bits per heavy atom. The molecule has 2 rings (SSSR count). The summed E-state index contributed by atoms with van der Waals surface area (Å²) in [5.41, 5.74) is 8.04. The molecule has 1 aromatic heterocycles. The molecular formula is C13H18N2O. The van der Waals surface area contributed by atoms with Crippen LogP contribution in [0.3, 0.4) is 0 Å². The third kappa shape index (κ3) is 2.26. The fourth-order valence-electron chi connectivity index (χ4n) is 1.88. The first-order chi connectivity index (χ1) is 7.85. The van der Waals surface area contributed by atoms with Crippen LogP contribution in [0.2, 0.25) is 0 Å². The van der Waals surface area contributed by atoms with Gasteiger partial charge < -0.3 is 15.0 Å². The summed E-state index contributed by atoms with van der Waals surface area (Å²) in [5, 5.41) is 1.25. The SMILES string of the molecule is CCOCCn1ccc2cc(CN)ccc21. The van der Waals surface area contributed by atoms with E-state index >= 15 is 0 Å². The molecule has 0 radical (unpaired) electrons. The summed E-state index contributed by atoms with van der Waals surface area (Å²) in [6, 6.07) is 8.48. The molecule has 0 unspecified atom stereocenters. The molecule has 1 heterocycles. The molecule has 0 spiro atoms. The molecule has 0 fully saturated rings. The molecular weight excluding hydrogens is 200 g/mol. The van der Waals surface area contributed by atoms with Gasteiger partial charge in [0.25, 0.3) is 0 Å². The number of aromatic nitrogens is 1. The minimum absolute atomic E-state index is 0.597. The minimum Gasteiger partial charge on any atom is -0.380 e. The molecule has 2 N–H and O–H groups in total. The van der Waals surface area contributed by atoms with Crippen LogP contribution in [-0.4, -0.2) is 17.8 Å². The van der Waals surface area contributed by atoms with E-state index in [1.807, 2.05) is 6.92 Å². The maximum absolute atomic E-state index is 5.62. The predicted octanol–water partition coefficient (Wildman–Crippen LogP) is 2.14. The quantitative estimate of drug-likeness (QED) is 0.781. The molecule has 86 valence electrons. The molecule has 2 aromatic rings. The van der Waals surface area contributed by atoms with Gasteiger partial charge in [0.15, 0.2) is 0 Å². The Morgan fingerprint density at radius 3 is 2.94 bits per heavy atom. The van der Waals surface area contributed by atoms with E-state index in [4.69, 9.17) is 10.5 Å². The van der Waals surface area contributed by atoms with Crippen molar-refractivity contribution in [1.82, 2.24) is 4.57 Å². The third-order valence-electron chi connectivity index (χ3n) is 2.75. The summed E-state index contributed by atoms with van der Waals surface area (Å²) in [4.78, 5) is 0. The molecule has 0 aliphatic heterocycles. The summed E-state index contributed by atoms with van der Waals surface area (Å²) in [7, 11) is 0. The Kier molecular flexibility index (Phi) is 3.59. The van der Waals surface area contributed by atoms with Gasteiger partial charge in [0, 0.05) is 31.4 Å². The van der Waals surface area contributed by atoms with E-state index in [1.54, 1.807) is 0 Å². The first-order valence-corrected chi connectivity index (χ1v) is 5.70. The molecule has 0 saturated carbocycles. The van der Waals surface area contributed by atoms with E-state index < -0.39 is 0 Å².